The number of hydrogen-bond acceptors (Lipinski definition) is 6. The Morgan fingerprint density at radius 1 is 1.11 bits per heavy atom. The van der Waals surface area contributed by atoms with Gasteiger partial charge in [-0.2, -0.15) is 10.2 Å². The zero-order chi connectivity index (χ0) is 31.4. The molecule has 0 aliphatic carbocycles. The highest BCUT2D eigenvalue weighted by molar-refractivity contribution is 5.91. The van der Waals surface area contributed by atoms with E-state index in [-0.39, 0.29) is 17.7 Å². The molecule has 3 heterocycles. The molecule has 3 atom stereocenters. The minimum atomic E-state index is -0.945. The number of nitrogens with zero attached hydrogens (tertiary/aromatic N) is 5. The van der Waals surface area contributed by atoms with E-state index in [0.29, 0.717) is 49.6 Å². The van der Waals surface area contributed by atoms with Crippen LogP contribution in [0, 0.1) is 18.6 Å². The van der Waals surface area contributed by atoms with Crippen LogP contribution in [0.2, 0.25) is 0 Å². The fourth-order valence-corrected chi connectivity index (χ4v) is 5.82. The molecule has 2 amide bonds. The third-order valence-corrected chi connectivity index (χ3v) is 8.07. The van der Waals surface area contributed by atoms with Crippen molar-refractivity contribution in [1.82, 2.24) is 29.8 Å². The number of hydrogen-bond donors (Lipinski definition) is 2. The highest BCUT2D eigenvalue weighted by Crippen LogP contribution is 2.33. The van der Waals surface area contributed by atoms with Gasteiger partial charge in [0, 0.05) is 63.0 Å². The molecule has 0 saturated carbocycles. The number of likely N-dealkylation sites (tertiary alicyclic amines) is 1. The first-order valence-corrected chi connectivity index (χ1v) is 14.5. The smallest absolute Gasteiger partial charge is 0.320 e. The van der Waals surface area contributed by atoms with Gasteiger partial charge in [0.25, 0.3) is 0 Å². The van der Waals surface area contributed by atoms with Gasteiger partial charge < -0.3 is 14.8 Å². The van der Waals surface area contributed by atoms with Crippen molar-refractivity contribution in [1.29, 1.82) is 0 Å². The van der Waals surface area contributed by atoms with Crippen molar-refractivity contribution < 1.29 is 23.1 Å². The molecule has 1 aliphatic heterocycles. The number of Topliss-reactive ketones (excluding diaryl/α,β-unsaturated/α-hetero) is 1. The Morgan fingerprint density at radius 3 is 2.55 bits per heavy atom. The summed E-state index contributed by atoms with van der Waals surface area (Å²) in [6.45, 7) is 4.73. The Hall–Kier alpha value is -4.42. The lowest BCUT2D eigenvalue weighted by atomic mass is 9.94. The van der Waals surface area contributed by atoms with Crippen LogP contribution in [0.3, 0.4) is 0 Å². The van der Waals surface area contributed by atoms with Crippen LogP contribution in [-0.4, -0.2) is 75.2 Å². The Morgan fingerprint density at radius 2 is 1.89 bits per heavy atom. The van der Waals surface area contributed by atoms with E-state index in [1.54, 1.807) is 35.7 Å². The van der Waals surface area contributed by atoms with Crippen LogP contribution in [0.25, 0.3) is 16.9 Å². The number of urea groups is 1. The van der Waals surface area contributed by atoms with E-state index in [2.05, 4.69) is 20.6 Å². The van der Waals surface area contributed by atoms with Crippen LogP contribution >= 0.6 is 0 Å². The number of rotatable bonds is 11. The maximum atomic E-state index is 14.3. The summed E-state index contributed by atoms with van der Waals surface area (Å²) in [6, 6.07) is 12.3. The first-order valence-electron chi connectivity index (χ1n) is 14.5. The van der Waals surface area contributed by atoms with Crippen LogP contribution in [0.5, 0.6) is 0 Å². The fraction of sp³-hybridized carbons (Fsp3) is 0.375. The molecule has 2 aromatic carbocycles. The van der Waals surface area contributed by atoms with Crippen molar-refractivity contribution in [2.24, 2.45) is 7.05 Å². The van der Waals surface area contributed by atoms with E-state index in [4.69, 9.17) is 9.84 Å². The monoisotopic (exact) mass is 605 g/mol. The molecule has 1 unspecified atom stereocenters. The number of ketones is 1. The lowest BCUT2D eigenvalue weighted by Gasteiger charge is -2.27. The molecule has 1 aliphatic rings. The number of benzene rings is 2. The Kier molecular flexibility index (Phi) is 9.50. The molecule has 12 heteroatoms. The topological polar surface area (TPSA) is 106 Å². The molecule has 44 heavy (non-hydrogen) atoms. The molecule has 2 N–H and O–H groups in total. The number of anilines is 1. The number of para-hydroxylation sites is 1. The number of carbonyl (C=O) groups excluding carboxylic acids is 2. The van der Waals surface area contributed by atoms with Crippen molar-refractivity contribution >= 4 is 17.6 Å². The summed E-state index contributed by atoms with van der Waals surface area (Å²) < 4.78 is 37.0. The second-order valence-corrected chi connectivity index (χ2v) is 11.3. The van der Waals surface area contributed by atoms with Crippen LogP contribution < -0.4 is 10.6 Å². The number of aromatic nitrogens is 4. The van der Waals surface area contributed by atoms with Crippen LogP contribution in [0.4, 0.5) is 19.4 Å². The predicted octanol–water partition coefficient (Wildman–Crippen LogP) is 4.83. The Labute approximate surface area is 255 Å². The zero-order valence-corrected chi connectivity index (χ0v) is 25.3. The van der Waals surface area contributed by atoms with Gasteiger partial charge in [0.15, 0.2) is 11.6 Å². The SMILES string of the molecule is COCC(CCC(C)=O)N1C[C@@H](NC(=O)Nc2c(C)c(-c3cnn(C)c3)nn2-c2ccccc2)[C@H](c2ccc(F)c(F)c2)C1. The Balaban J connectivity index is 1.43. The van der Waals surface area contributed by atoms with Crippen molar-refractivity contribution in [3.05, 3.63) is 83.7 Å². The van der Waals surface area contributed by atoms with Gasteiger partial charge in [0.05, 0.1) is 24.5 Å². The fourth-order valence-electron chi connectivity index (χ4n) is 5.82. The zero-order valence-electron chi connectivity index (χ0n) is 25.3. The first-order chi connectivity index (χ1) is 21.1. The summed E-state index contributed by atoms with van der Waals surface area (Å²) >= 11 is 0. The van der Waals surface area contributed by atoms with Gasteiger partial charge in [-0.05, 0) is 50.1 Å². The average Bonchev–Trinajstić information content (AvgIpc) is 3.70. The highest BCUT2D eigenvalue weighted by Gasteiger charge is 2.38. The summed E-state index contributed by atoms with van der Waals surface area (Å²) in [5.41, 5.74) is 3.58. The van der Waals surface area contributed by atoms with Gasteiger partial charge in [-0.15, -0.1) is 0 Å². The van der Waals surface area contributed by atoms with Crippen LogP contribution in [0.15, 0.2) is 60.9 Å². The van der Waals surface area contributed by atoms with Crippen molar-refractivity contribution in [2.75, 3.05) is 32.1 Å². The van der Waals surface area contributed by atoms with E-state index in [0.717, 1.165) is 22.9 Å². The van der Waals surface area contributed by atoms with E-state index in [1.165, 1.54) is 6.07 Å². The summed E-state index contributed by atoms with van der Waals surface area (Å²) in [5.74, 6) is -1.64. The van der Waals surface area contributed by atoms with Crippen LogP contribution in [-0.2, 0) is 16.6 Å². The number of methoxy groups -OCH3 is 1. The van der Waals surface area contributed by atoms with E-state index in [9.17, 15) is 18.4 Å². The molecular formula is C32H37F2N7O3. The predicted molar refractivity (Wildman–Crippen MR) is 163 cm³/mol. The second kappa shape index (κ2) is 13.5. The number of carbonyl (C=O) groups is 2. The highest BCUT2D eigenvalue weighted by atomic mass is 19.2. The quantitative estimate of drug-likeness (QED) is 0.254. The van der Waals surface area contributed by atoms with Gasteiger partial charge in [0.2, 0.25) is 0 Å². The average molecular weight is 606 g/mol. The minimum Gasteiger partial charge on any atom is -0.383 e. The molecule has 0 spiro atoms. The minimum absolute atomic E-state index is 0.0764. The number of amides is 2. The molecule has 1 fully saturated rings. The lowest BCUT2D eigenvalue weighted by molar-refractivity contribution is -0.117. The molecular weight excluding hydrogens is 568 g/mol. The number of nitrogens with one attached hydrogen (secondary N) is 2. The first kappa shape index (κ1) is 31.0. The molecule has 2 aromatic heterocycles. The summed E-state index contributed by atoms with van der Waals surface area (Å²) in [5, 5.41) is 15.2. The van der Waals surface area contributed by atoms with Crippen molar-refractivity contribution in [3.63, 3.8) is 0 Å². The van der Waals surface area contributed by atoms with Gasteiger partial charge in [0.1, 0.15) is 17.3 Å². The molecule has 232 valence electrons. The van der Waals surface area contributed by atoms with Crippen molar-refractivity contribution in [2.45, 2.75) is 44.7 Å². The third kappa shape index (κ3) is 6.87. The van der Waals surface area contributed by atoms with Gasteiger partial charge >= 0.3 is 6.03 Å². The molecule has 10 nitrogen and oxygen atoms in total. The number of ether oxygens (including phenoxy) is 1. The van der Waals surface area contributed by atoms with E-state index in [1.807, 2.05) is 50.5 Å². The summed E-state index contributed by atoms with van der Waals surface area (Å²) in [4.78, 5) is 27.6. The van der Waals surface area contributed by atoms with Gasteiger partial charge in [-0.1, -0.05) is 24.3 Å². The second-order valence-electron chi connectivity index (χ2n) is 11.3. The van der Waals surface area contributed by atoms with Gasteiger partial charge in [-0.3, -0.25) is 14.9 Å². The molecule has 5 rings (SSSR count). The molecule has 4 aromatic rings. The molecule has 0 bridgehead atoms. The maximum absolute atomic E-state index is 14.3. The lowest BCUT2D eigenvalue weighted by Crippen LogP contribution is -2.44. The maximum Gasteiger partial charge on any atom is 0.320 e. The number of aryl methyl sites for hydroxylation is 1. The molecule has 0 radical (unpaired) electrons. The van der Waals surface area contributed by atoms with Crippen molar-refractivity contribution in [3.8, 4) is 16.9 Å². The summed E-state index contributed by atoms with van der Waals surface area (Å²) in [7, 11) is 3.43. The number of halogens is 2. The van der Waals surface area contributed by atoms with E-state index >= 15 is 0 Å². The Bertz CT molecular complexity index is 1620. The summed E-state index contributed by atoms with van der Waals surface area (Å²) in [6.07, 6.45) is 4.55. The molecule has 1 saturated heterocycles. The standard InChI is InChI=1S/C32H37F2N7O3/c1-20(42)10-12-25(19-44-4)40-17-26(22-11-13-27(33)28(34)14-22)29(18-40)36-32(43)37-31-21(2)30(23-15-35-39(3)16-23)38-41(31)24-8-6-5-7-9-24/h5-9,11,13-16,25-26,29H,10,12,17-19H2,1-4H3,(H2,36,37,43)/t25?,26-,29+/m0/s1. The van der Waals surface area contributed by atoms with E-state index < -0.39 is 23.7 Å². The van der Waals surface area contributed by atoms with Crippen LogP contribution in [0.1, 0.15) is 36.8 Å². The normalized spacial score (nSPS) is 17.5. The third-order valence-electron chi connectivity index (χ3n) is 8.07. The van der Waals surface area contributed by atoms with Gasteiger partial charge in [-0.25, -0.2) is 18.3 Å². The largest absolute Gasteiger partial charge is 0.383 e.